The molecule has 5 fully saturated rings. The van der Waals surface area contributed by atoms with E-state index in [-0.39, 0.29) is 49.3 Å². The molecular formula is C58H58Cl2Fe2P2Ru+4. The second-order valence-electron chi connectivity index (χ2n) is 15.3. The van der Waals surface area contributed by atoms with E-state index in [1.165, 1.54) is 56.7 Å². The summed E-state index contributed by atoms with van der Waals surface area (Å²) in [6.45, 7) is 11.4. The van der Waals surface area contributed by atoms with Crippen LogP contribution in [0.2, 0.25) is 0 Å². The van der Waals surface area contributed by atoms with Crippen LogP contribution in [0.25, 0.3) is 0 Å². The van der Waals surface area contributed by atoms with Gasteiger partial charge in [0.25, 0.3) is 0 Å². The third-order valence-corrected chi connectivity index (χ3v) is 16.2. The Balaban J connectivity index is 0.000000365. The fourth-order valence-corrected chi connectivity index (χ4v) is 12.9. The molecule has 0 nitrogen and oxygen atoms in total. The van der Waals surface area contributed by atoms with Crippen LogP contribution in [0.4, 0.5) is 0 Å². The molecule has 5 aliphatic rings. The normalized spacial score (nSPS) is 19.4. The van der Waals surface area contributed by atoms with Gasteiger partial charge in [0.2, 0.25) is 0 Å². The van der Waals surface area contributed by atoms with E-state index in [1.54, 1.807) is 0 Å². The van der Waals surface area contributed by atoms with E-state index in [2.05, 4.69) is 220 Å². The SMILES string of the molecule is C[C@H]([C]1[CH][CH][CH][C]1[C]1[CH][CH][CH][C]1[C@@H](C)P(c1ccccc1)c1ccccc1)P(c1ccccc1)c1ccccc1.C[C]1[CH][CH][C](C(C)C)[CH][CH]1.[CH]1[CH][CH][CH][CH]1.[CH]1[CH][CH][CH][CH]1.[Cl][Ru][Cl].[Fe+2].[Fe+2]. The van der Waals surface area contributed by atoms with Crippen molar-refractivity contribution in [2.24, 2.45) is 5.92 Å². The summed E-state index contributed by atoms with van der Waals surface area (Å²) in [5, 5.41) is 5.71. The standard InChI is InChI=1S/C38H34P2.C10H14.2C5H5.2ClH.2Fe.Ru/c1-29(39(31-17-7-3-8-18-31)32-19-9-4-10-20-32)35-25-15-27-37(35)38-28-16-26-36(38)30(2)40(33-21-11-5-12-22-33)34-23-13-6-14-24-34;1-8(2)10-6-4-9(3)5-7-10;2*1-2-4-5-3-1;;;;;/h3-30H,1-2H3;4-8H,1-3H3;2*1-5H;2*1H;;;/q;;;;;;3*+2/p-2/t29-,30-;;;;;;;;/m1......../s1. The number of halogens is 2. The molecule has 0 bridgehead atoms. The third kappa shape index (κ3) is 19.6. The fourth-order valence-electron chi connectivity index (χ4n) is 7.51. The predicted octanol–water partition coefficient (Wildman–Crippen LogP) is 13.6. The summed E-state index contributed by atoms with van der Waals surface area (Å²) < 4.78 is 0. The first-order chi connectivity index (χ1) is 30.8. The molecule has 0 saturated heterocycles. The number of hydrogen-bond donors (Lipinski definition) is 0. The van der Waals surface area contributed by atoms with Gasteiger partial charge < -0.3 is 0 Å². The monoisotopic (exact) mass is 1100 g/mol. The summed E-state index contributed by atoms with van der Waals surface area (Å²) in [7, 11) is 8.59. The molecule has 26 radical (unpaired) electrons. The zero-order valence-corrected chi connectivity index (χ0v) is 44.8. The van der Waals surface area contributed by atoms with Gasteiger partial charge in [-0.3, -0.25) is 0 Å². The van der Waals surface area contributed by atoms with Gasteiger partial charge in [-0.15, -0.1) is 0 Å². The first kappa shape index (κ1) is 59.3. The van der Waals surface area contributed by atoms with Gasteiger partial charge in [0.05, 0.1) is 0 Å². The fraction of sp³-hybridized carbons (Fsp3) is 0.138. The summed E-state index contributed by atoms with van der Waals surface area (Å²) in [5.74, 6) is 9.07. The Kier molecular flexibility index (Phi) is 31.3. The zero-order valence-electron chi connectivity index (χ0n) is 37.5. The molecule has 0 unspecified atom stereocenters. The van der Waals surface area contributed by atoms with Crippen LogP contribution in [0, 0.1) is 170 Å². The first-order valence-corrected chi connectivity index (χ1v) is 28.7. The molecule has 0 aromatic heterocycles. The maximum absolute atomic E-state index is 4.85. The van der Waals surface area contributed by atoms with Gasteiger partial charge in [-0.2, -0.15) is 0 Å². The van der Waals surface area contributed by atoms with E-state index >= 15 is 0 Å². The predicted molar refractivity (Wildman–Crippen MR) is 275 cm³/mol. The van der Waals surface area contributed by atoms with Crippen LogP contribution in [0.1, 0.15) is 34.6 Å². The van der Waals surface area contributed by atoms with Crippen molar-refractivity contribution in [2.75, 3.05) is 0 Å². The van der Waals surface area contributed by atoms with Gasteiger partial charge in [-0.25, -0.2) is 0 Å². The average Bonchev–Trinajstić information content (AvgIpc) is 4.19. The second-order valence-corrected chi connectivity index (χ2v) is 23.0. The van der Waals surface area contributed by atoms with E-state index in [0.29, 0.717) is 17.2 Å². The van der Waals surface area contributed by atoms with Crippen LogP contribution in [-0.4, -0.2) is 11.3 Å². The van der Waals surface area contributed by atoms with Crippen LogP contribution < -0.4 is 21.2 Å². The molecule has 4 aromatic carbocycles. The maximum Gasteiger partial charge on any atom is 2.00 e. The first-order valence-electron chi connectivity index (χ1n) is 21.4. The molecule has 7 heteroatoms. The van der Waals surface area contributed by atoms with E-state index in [9.17, 15) is 0 Å². The second kappa shape index (κ2) is 34.3. The molecule has 2 atom stereocenters. The van der Waals surface area contributed by atoms with Gasteiger partial charge in [0, 0.05) is 0 Å². The molecule has 9 rings (SSSR count). The summed E-state index contributed by atoms with van der Waals surface area (Å²) >= 11 is -0.346. The molecule has 0 heterocycles. The van der Waals surface area contributed by atoms with Gasteiger partial charge in [-0.05, 0) is 218 Å². The van der Waals surface area contributed by atoms with Crippen molar-refractivity contribution in [3.63, 3.8) is 0 Å². The van der Waals surface area contributed by atoms with Crippen LogP contribution in [-0.2, 0) is 49.3 Å². The molecule has 0 aliphatic heterocycles. The molecule has 0 N–H and O–H groups in total. The number of hydrogen-bond acceptors (Lipinski definition) is 0. The van der Waals surface area contributed by atoms with Crippen LogP contribution in [0.5, 0.6) is 0 Å². The maximum atomic E-state index is 4.85. The molecule has 5 aliphatic carbocycles. The molecule has 65 heavy (non-hydrogen) atoms. The zero-order chi connectivity index (χ0) is 44.7. The topological polar surface area (TPSA) is 0 Å². The van der Waals surface area contributed by atoms with Crippen molar-refractivity contribution >= 4 is 56.4 Å². The van der Waals surface area contributed by atoms with E-state index in [4.69, 9.17) is 19.4 Å². The van der Waals surface area contributed by atoms with Gasteiger partial charge in [0.1, 0.15) is 0 Å². The molecule has 4 aromatic rings. The Labute approximate surface area is 439 Å². The average molecular weight is 1100 g/mol. The Morgan fingerprint density at radius 3 is 0.877 bits per heavy atom. The molecule has 5 saturated carbocycles. The van der Waals surface area contributed by atoms with Crippen molar-refractivity contribution in [1.29, 1.82) is 0 Å². The summed E-state index contributed by atoms with van der Waals surface area (Å²) in [5.41, 5.74) is 0.764. The molecule has 334 valence electrons. The van der Waals surface area contributed by atoms with Crippen molar-refractivity contribution in [1.82, 2.24) is 0 Å². The Morgan fingerprint density at radius 1 is 0.369 bits per heavy atom. The van der Waals surface area contributed by atoms with Crippen molar-refractivity contribution in [3.8, 4) is 0 Å². The van der Waals surface area contributed by atoms with Crippen LogP contribution in [0.15, 0.2) is 121 Å². The minimum atomic E-state index is -0.560. The van der Waals surface area contributed by atoms with Gasteiger partial charge >= 0.3 is 68.7 Å². The quantitative estimate of drug-likeness (QED) is 0.110. The molecular weight excluding hydrogens is 1040 g/mol. The van der Waals surface area contributed by atoms with Gasteiger partial charge in [0.15, 0.2) is 0 Å². The molecule has 0 spiro atoms. The van der Waals surface area contributed by atoms with Crippen LogP contribution >= 0.6 is 35.2 Å². The molecule has 0 amide bonds. The number of rotatable bonds is 10. The summed E-state index contributed by atoms with van der Waals surface area (Å²) in [6, 6.07) is 44.4. The Morgan fingerprint density at radius 2 is 0.631 bits per heavy atom. The van der Waals surface area contributed by atoms with Gasteiger partial charge in [-0.1, -0.05) is 156 Å². The van der Waals surface area contributed by atoms with E-state index < -0.39 is 15.8 Å². The summed E-state index contributed by atoms with van der Waals surface area (Å²) in [4.78, 5) is 0. The largest absolute Gasteiger partial charge is 2.00 e. The summed E-state index contributed by atoms with van der Waals surface area (Å²) in [6.07, 6.45) is 42.6. The van der Waals surface area contributed by atoms with Crippen molar-refractivity contribution < 1.29 is 49.3 Å². The van der Waals surface area contributed by atoms with Crippen LogP contribution in [0.3, 0.4) is 0 Å². The minimum Gasteiger partial charge on any atom is 2.00 e. The smallest absolute Gasteiger partial charge is 2.00 e. The van der Waals surface area contributed by atoms with Crippen molar-refractivity contribution in [2.45, 2.75) is 45.9 Å². The number of benzene rings is 4. The van der Waals surface area contributed by atoms with E-state index in [0.717, 1.165) is 0 Å². The Bertz CT molecular complexity index is 1510. The van der Waals surface area contributed by atoms with Crippen molar-refractivity contribution in [3.05, 3.63) is 285 Å². The third-order valence-electron chi connectivity index (χ3n) is 10.7. The Hall–Kier alpha value is -0.0177. The van der Waals surface area contributed by atoms with E-state index in [1.807, 2.05) is 64.2 Å². The minimum absolute atomic E-state index is 0.